The van der Waals surface area contributed by atoms with Crippen LogP contribution in [0.4, 0.5) is 0 Å². The highest BCUT2D eigenvalue weighted by Crippen LogP contribution is 2.24. The van der Waals surface area contributed by atoms with Crippen LogP contribution in [0.15, 0.2) is 39.6 Å². The van der Waals surface area contributed by atoms with Crippen LogP contribution in [0.1, 0.15) is 21.9 Å². The second kappa shape index (κ2) is 7.03. The summed E-state index contributed by atoms with van der Waals surface area (Å²) in [7, 11) is -2.05. The smallest absolute Gasteiger partial charge is 0.341 e. The van der Waals surface area contributed by atoms with Crippen molar-refractivity contribution in [3.8, 4) is 0 Å². The molecule has 8 nitrogen and oxygen atoms in total. The molecule has 9 heteroatoms. The Labute approximate surface area is 144 Å². The third-order valence-electron chi connectivity index (χ3n) is 4.20. The lowest BCUT2D eigenvalue weighted by atomic mass is 10.1. The molecule has 136 valence electrons. The first-order valence-electron chi connectivity index (χ1n) is 7.69. The van der Waals surface area contributed by atoms with E-state index in [1.807, 2.05) is 0 Å². The number of methoxy groups -OCH3 is 1. The molecule has 0 unspecified atom stereocenters. The lowest BCUT2D eigenvalue weighted by Gasteiger charge is -2.28. The van der Waals surface area contributed by atoms with Crippen LogP contribution in [0, 0.1) is 0 Å². The van der Waals surface area contributed by atoms with Gasteiger partial charge in [0.2, 0.25) is 0 Å². The van der Waals surface area contributed by atoms with Gasteiger partial charge in [0.1, 0.15) is 17.1 Å². The van der Waals surface area contributed by atoms with Gasteiger partial charge in [-0.2, -0.15) is 0 Å². The molecule has 1 aliphatic rings. The maximum atomic E-state index is 11.9. The number of aliphatic hydroxyl groups is 1. The van der Waals surface area contributed by atoms with Crippen molar-refractivity contribution in [2.45, 2.75) is 25.2 Å². The monoisotopic (exact) mass is 369 g/mol. The number of sulfone groups is 1. The molecule has 0 spiro atoms. The highest BCUT2D eigenvalue weighted by molar-refractivity contribution is 7.91. The average Bonchev–Trinajstić information content (AvgIpc) is 3.26. The van der Waals surface area contributed by atoms with Crippen molar-refractivity contribution in [1.29, 1.82) is 0 Å². The van der Waals surface area contributed by atoms with Crippen molar-refractivity contribution < 1.29 is 31.9 Å². The van der Waals surface area contributed by atoms with Crippen molar-refractivity contribution in [3.63, 3.8) is 0 Å². The minimum Gasteiger partial charge on any atom is -0.468 e. The number of ether oxygens (including phenoxy) is 1. The highest BCUT2D eigenvalue weighted by atomic mass is 32.2. The lowest BCUT2D eigenvalue weighted by Crippen LogP contribution is -2.42. The summed E-state index contributed by atoms with van der Waals surface area (Å²) in [4.78, 5) is 13.6. The molecule has 0 amide bonds. The van der Waals surface area contributed by atoms with E-state index in [1.165, 1.54) is 25.7 Å². The van der Waals surface area contributed by atoms with Crippen molar-refractivity contribution in [3.05, 3.63) is 47.8 Å². The number of carbonyl (C=O) groups is 1. The fourth-order valence-corrected chi connectivity index (χ4v) is 4.82. The molecule has 2 atom stereocenters. The first-order chi connectivity index (χ1) is 11.9. The van der Waals surface area contributed by atoms with E-state index in [0.717, 1.165) is 0 Å². The molecule has 2 aromatic heterocycles. The van der Waals surface area contributed by atoms with Gasteiger partial charge >= 0.3 is 5.97 Å². The predicted octanol–water partition coefficient (Wildman–Crippen LogP) is 0.819. The van der Waals surface area contributed by atoms with E-state index in [-0.39, 0.29) is 30.2 Å². The first-order valence-corrected chi connectivity index (χ1v) is 9.51. The summed E-state index contributed by atoms with van der Waals surface area (Å²) in [5, 5.41) is 10.2. The van der Waals surface area contributed by atoms with Gasteiger partial charge in [-0.3, -0.25) is 4.90 Å². The van der Waals surface area contributed by atoms with Crippen LogP contribution in [0.2, 0.25) is 0 Å². The summed E-state index contributed by atoms with van der Waals surface area (Å²) < 4.78 is 39.2. The summed E-state index contributed by atoms with van der Waals surface area (Å²) in [6.07, 6.45) is 1.87. The molecule has 0 radical (unpaired) electrons. The Morgan fingerprint density at radius 3 is 2.68 bits per heavy atom. The number of hydrogen-bond donors (Lipinski definition) is 1. The van der Waals surface area contributed by atoms with E-state index >= 15 is 0 Å². The molecular formula is C16H19NO7S. The number of nitrogens with zero attached hydrogens (tertiary/aromatic N) is 1. The van der Waals surface area contributed by atoms with E-state index < -0.39 is 28.0 Å². The van der Waals surface area contributed by atoms with Gasteiger partial charge in [-0.05, 0) is 18.2 Å². The summed E-state index contributed by atoms with van der Waals surface area (Å²) in [5.41, 5.74) is 0.266. The normalized spacial score (nSPS) is 22.4. The van der Waals surface area contributed by atoms with Crippen LogP contribution in [0.5, 0.6) is 0 Å². The molecule has 1 aliphatic heterocycles. The quantitative estimate of drug-likeness (QED) is 0.745. The van der Waals surface area contributed by atoms with Gasteiger partial charge in [0.25, 0.3) is 0 Å². The molecule has 0 saturated carbocycles. The second-order valence-corrected chi connectivity index (χ2v) is 8.10. The molecule has 1 saturated heterocycles. The van der Waals surface area contributed by atoms with E-state index in [9.17, 15) is 18.3 Å². The Morgan fingerprint density at radius 2 is 2.08 bits per heavy atom. The molecule has 1 fully saturated rings. The molecule has 3 heterocycles. The maximum absolute atomic E-state index is 11.9. The number of carbonyl (C=O) groups excluding carboxylic acids is 1. The zero-order chi connectivity index (χ0) is 18.0. The lowest BCUT2D eigenvalue weighted by molar-refractivity contribution is 0.0570. The third-order valence-corrected chi connectivity index (χ3v) is 5.90. The van der Waals surface area contributed by atoms with Crippen LogP contribution in [-0.2, 0) is 27.7 Å². The molecule has 25 heavy (non-hydrogen) atoms. The summed E-state index contributed by atoms with van der Waals surface area (Å²) in [6.45, 7) is 0.404. The van der Waals surface area contributed by atoms with Crippen LogP contribution in [-0.4, -0.2) is 55.2 Å². The van der Waals surface area contributed by atoms with Crippen molar-refractivity contribution in [2.75, 3.05) is 18.6 Å². The average molecular weight is 369 g/mol. The standard InChI is InChI=1S/C16H19NO7S/c1-22-16(19)12-4-6-24-15(12)8-17(7-11-3-2-5-23-11)13-9-25(20,21)10-14(13)18/h2-6,13-14,18H,7-10H2,1H3/t13-,14+/m1/s1. The molecule has 0 aliphatic carbocycles. The first kappa shape index (κ1) is 17.7. The van der Waals surface area contributed by atoms with E-state index in [0.29, 0.717) is 11.5 Å². The fraction of sp³-hybridized carbons (Fsp3) is 0.438. The largest absolute Gasteiger partial charge is 0.468 e. The predicted molar refractivity (Wildman–Crippen MR) is 86.5 cm³/mol. The second-order valence-electron chi connectivity index (χ2n) is 5.94. The van der Waals surface area contributed by atoms with Gasteiger partial charge < -0.3 is 18.7 Å². The van der Waals surface area contributed by atoms with Gasteiger partial charge in [-0.15, -0.1) is 0 Å². The van der Waals surface area contributed by atoms with E-state index in [2.05, 4.69) is 0 Å². The van der Waals surface area contributed by atoms with Crippen molar-refractivity contribution in [1.82, 2.24) is 4.90 Å². The SMILES string of the molecule is COC(=O)c1ccoc1CN(Cc1ccco1)[C@@H]1CS(=O)(=O)C[C@@H]1O. The Morgan fingerprint density at radius 1 is 1.28 bits per heavy atom. The molecule has 2 aromatic rings. The molecule has 1 N–H and O–H groups in total. The van der Waals surface area contributed by atoms with Crippen molar-refractivity contribution in [2.24, 2.45) is 0 Å². The zero-order valence-electron chi connectivity index (χ0n) is 13.6. The minimum absolute atomic E-state index is 0.134. The topological polar surface area (TPSA) is 110 Å². The van der Waals surface area contributed by atoms with Crippen LogP contribution in [0.25, 0.3) is 0 Å². The number of aliphatic hydroxyl groups excluding tert-OH is 1. The number of furan rings is 2. The Hall–Kier alpha value is -2.10. The van der Waals surface area contributed by atoms with Gasteiger partial charge in [0, 0.05) is 0 Å². The van der Waals surface area contributed by atoms with Crippen LogP contribution >= 0.6 is 0 Å². The Kier molecular flexibility index (Phi) is 4.98. The number of hydrogen-bond acceptors (Lipinski definition) is 8. The Bertz CT molecular complexity index is 825. The molecule has 0 bridgehead atoms. The number of rotatable bonds is 6. The molecule has 0 aromatic carbocycles. The molecular weight excluding hydrogens is 350 g/mol. The van der Waals surface area contributed by atoms with Crippen molar-refractivity contribution >= 4 is 15.8 Å². The van der Waals surface area contributed by atoms with E-state index in [4.69, 9.17) is 13.6 Å². The fourth-order valence-electron chi connectivity index (χ4n) is 2.99. The van der Waals surface area contributed by atoms with E-state index in [1.54, 1.807) is 17.0 Å². The zero-order valence-corrected chi connectivity index (χ0v) is 14.4. The minimum atomic E-state index is -3.32. The van der Waals surface area contributed by atoms with Gasteiger partial charge in [-0.25, -0.2) is 13.2 Å². The summed E-state index contributed by atoms with van der Waals surface area (Å²) in [6, 6.07) is 4.35. The molecule has 3 rings (SSSR count). The number of esters is 1. The maximum Gasteiger partial charge on any atom is 0.341 e. The highest BCUT2D eigenvalue weighted by Gasteiger charge is 2.40. The van der Waals surface area contributed by atoms with Crippen LogP contribution < -0.4 is 0 Å². The van der Waals surface area contributed by atoms with Gasteiger partial charge in [-0.1, -0.05) is 0 Å². The van der Waals surface area contributed by atoms with Gasteiger partial charge in [0.15, 0.2) is 9.84 Å². The van der Waals surface area contributed by atoms with Crippen LogP contribution in [0.3, 0.4) is 0 Å². The Balaban J connectivity index is 1.87. The third kappa shape index (κ3) is 3.94. The van der Waals surface area contributed by atoms with Gasteiger partial charge in [0.05, 0.1) is 56.4 Å². The summed E-state index contributed by atoms with van der Waals surface area (Å²) >= 11 is 0. The summed E-state index contributed by atoms with van der Waals surface area (Å²) in [5.74, 6) is -0.0313.